The molecule has 2 aliphatic rings. The molecule has 2 fully saturated rings. The van der Waals surface area contributed by atoms with E-state index in [-0.39, 0.29) is 18.0 Å². The standard InChI is InChI=1S/C15H24O6/c1-11(16)10-12(17)15(20-13-6-2-4-8-18-13)21-14-7-3-5-9-19-14/h13-15H,2-10H2,1H3. The number of ether oxygens (including phenoxy) is 4. The number of carbonyl (C=O) groups excluding carboxylic acids is 2. The van der Waals surface area contributed by atoms with Crippen LogP contribution in [0.3, 0.4) is 0 Å². The molecule has 0 aliphatic carbocycles. The molecular formula is C15H24O6. The number of hydrogen-bond donors (Lipinski definition) is 0. The molecule has 0 aromatic rings. The van der Waals surface area contributed by atoms with E-state index in [1.54, 1.807) is 0 Å². The maximum Gasteiger partial charge on any atom is 0.223 e. The Morgan fingerprint density at radius 1 is 1.00 bits per heavy atom. The number of Topliss-reactive ketones (excluding diaryl/α,β-unsaturated/α-hetero) is 2. The Balaban J connectivity index is 1.91. The third kappa shape index (κ3) is 5.82. The van der Waals surface area contributed by atoms with Gasteiger partial charge >= 0.3 is 0 Å². The summed E-state index contributed by atoms with van der Waals surface area (Å²) in [6, 6.07) is 0. The monoisotopic (exact) mass is 300 g/mol. The Labute approximate surface area is 125 Å². The van der Waals surface area contributed by atoms with E-state index in [0.717, 1.165) is 38.5 Å². The molecule has 2 heterocycles. The number of ketones is 2. The molecule has 120 valence electrons. The van der Waals surface area contributed by atoms with Crippen LogP contribution in [-0.4, -0.2) is 43.7 Å². The predicted molar refractivity (Wildman–Crippen MR) is 73.4 cm³/mol. The van der Waals surface area contributed by atoms with Gasteiger partial charge in [-0.1, -0.05) is 0 Å². The maximum atomic E-state index is 12.1. The van der Waals surface area contributed by atoms with Crippen molar-refractivity contribution in [3.05, 3.63) is 0 Å². The van der Waals surface area contributed by atoms with Gasteiger partial charge in [0.05, 0.1) is 6.42 Å². The predicted octanol–water partition coefficient (Wildman–Crippen LogP) is 1.95. The molecule has 2 atom stereocenters. The third-order valence-electron chi connectivity index (χ3n) is 3.51. The first-order chi connectivity index (χ1) is 10.1. The fraction of sp³-hybridized carbons (Fsp3) is 0.867. The smallest absolute Gasteiger partial charge is 0.223 e. The lowest BCUT2D eigenvalue weighted by molar-refractivity contribution is -0.293. The van der Waals surface area contributed by atoms with Crippen molar-refractivity contribution in [1.29, 1.82) is 0 Å². The lowest BCUT2D eigenvalue weighted by Crippen LogP contribution is -2.39. The SMILES string of the molecule is CC(=O)CC(=O)C(OC1CCCCO1)OC1CCCCO1. The summed E-state index contributed by atoms with van der Waals surface area (Å²) < 4.78 is 22.2. The van der Waals surface area contributed by atoms with Crippen LogP contribution in [0.1, 0.15) is 51.9 Å². The molecule has 2 aliphatic heterocycles. The minimum absolute atomic E-state index is 0.190. The first-order valence-electron chi connectivity index (χ1n) is 7.71. The Morgan fingerprint density at radius 3 is 1.90 bits per heavy atom. The van der Waals surface area contributed by atoms with Gasteiger partial charge in [-0.25, -0.2) is 0 Å². The average molecular weight is 300 g/mol. The fourth-order valence-electron chi connectivity index (χ4n) is 2.43. The van der Waals surface area contributed by atoms with Crippen LogP contribution < -0.4 is 0 Å². The molecule has 6 heteroatoms. The summed E-state index contributed by atoms with van der Waals surface area (Å²) >= 11 is 0. The van der Waals surface area contributed by atoms with Gasteiger partial charge in [0.15, 0.2) is 18.4 Å². The van der Waals surface area contributed by atoms with Gasteiger partial charge in [-0.2, -0.15) is 0 Å². The Kier molecular flexibility index (Phi) is 6.76. The summed E-state index contributed by atoms with van der Waals surface area (Å²) in [4.78, 5) is 23.3. The quantitative estimate of drug-likeness (QED) is 0.528. The van der Waals surface area contributed by atoms with Crippen LogP contribution in [0.5, 0.6) is 0 Å². The van der Waals surface area contributed by atoms with E-state index in [9.17, 15) is 9.59 Å². The van der Waals surface area contributed by atoms with Crippen molar-refractivity contribution in [1.82, 2.24) is 0 Å². The van der Waals surface area contributed by atoms with Crippen molar-refractivity contribution >= 4 is 11.6 Å². The van der Waals surface area contributed by atoms with E-state index in [4.69, 9.17) is 18.9 Å². The molecular weight excluding hydrogens is 276 g/mol. The van der Waals surface area contributed by atoms with Crippen molar-refractivity contribution in [2.24, 2.45) is 0 Å². The van der Waals surface area contributed by atoms with Crippen LogP contribution in [0, 0.1) is 0 Å². The molecule has 0 aromatic carbocycles. The Hall–Kier alpha value is -0.820. The zero-order chi connectivity index (χ0) is 15.1. The van der Waals surface area contributed by atoms with E-state index >= 15 is 0 Å². The van der Waals surface area contributed by atoms with E-state index < -0.39 is 18.9 Å². The molecule has 0 bridgehead atoms. The Bertz CT molecular complexity index is 324. The van der Waals surface area contributed by atoms with Gasteiger partial charge in [0, 0.05) is 13.2 Å². The minimum atomic E-state index is -1.08. The van der Waals surface area contributed by atoms with Gasteiger partial charge < -0.3 is 18.9 Å². The number of carbonyl (C=O) groups is 2. The van der Waals surface area contributed by atoms with Crippen LogP contribution in [0.25, 0.3) is 0 Å². The summed E-state index contributed by atoms with van der Waals surface area (Å²) in [6.45, 7) is 2.62. The van der Waals surface area contributed by atoms with Crippen molar-refractivity contribution in [2.75, 3.05) is 13.2 Å². The van der Waals surface area contributed by atoms with Crippen LogP contribution in [-0.2, 0) is 28.5 Å². The second kappa shape index (κ2) is 8.58. The van der Waals surface area contributed by atoms with Gasteiger partial charge in [-0.15, -0.1) is 0 Å². The van der Waals surface area contributed by atoms with E-state index in [1.165, 1.54) is 6.92 Å². The maximum absolute atomic E-state index is 12.1. The highest BCUT2D eigenvalue weighted by Crippen LogP contribution is 2.21. The lowest BCUT2D eigenvalue weighted by Gasteiger charge is -2.30. The fourth-order valence-corrected chi connectivity index (χ4v) is 2.43. The summed E-state index contributed by atoms with van der Waals surface area (Å²) in [5.41, 5.74) is 0. The molecule has 2 rings (SSSR count). The second-order valence-corrected chi connectivity index (χ2v) is 5.54. The van der Waals surface area contributed by atoms with Gasteiger partial charge in [0.25, 0.3) is 0 Å². The summed E-state index contributed by atoms with van der Waals surface area (Å²) in [7, 11) is 0. The van der Waals surface area contributed by atoms with Crippen LogP contribution >= 0.6 is 0 Å². The highest BCUT2D eigenvalue weighted by atomic mass is 16.8. The van der Waals surface area contributed by atoms with E-state index in [2.05, 4.69) is 0 Å². The normalized spacial score (nSPS) is 28.0. The largest absolute Gasteiger partial charge is 0.353 e. The van der Waals surface area contributed by atoms with Gasteiger partial charge in [-0.3, -0.25) is 9.59 Å². The second-order valence-electron chi connectivity index (χ2n) is 5.54. The number of rotatable bonds is 7. The van der Waals surface area contributed by atoms with Crippen LogP contribution in [0.2, 0.25) is 0 Å². The lowest BCUT2D eigenvalue weighted by atomic mass is 10.2. The summed E-state index contributed by atoms with van der Waals surface area (Å²) in [6.07, 6.45) is 3.31. The third-order valence-corrected chi connectivity index (χ3v) is 3.51. The van der Waals surface area contributed by atoms with Gasteiger partial charge in [-0.05, 0) is 45.4 Å². The van der Waals surface area contributed by atoms with Crippen molar-refractivity contribution in [2.45, 2.75) is 70.7 Å². The molecule has 0 spiro atoms. The van der Waals surface area contributed by atoms with Gasteiger partial charge in [0.1, 0.15) is 5.78 Å². The molecule has 2 unspecified atom stereocenters. The molecule has 21 heavy (non-hydrogen) atoms. The van der Waals surface area contributed by atoms with E-state index in [1.807, 2.05) is 0 Å². The highest BCUT2D eigenvalue weighted by Gasteiger charge is 2.30. The molecule has 2 saturated heterocycles. The molecule has 0 radical (unpaired) electrons. The zero-order valence-corrected chi connectivity index (χ0v) is 12.5. The summed E-state index contributed by atoms with van der Waals surface area (Å²) in [5, 5.41) is 0. The number of hydrogen-bond acceptors (Lipinski definition) is 6. The van der Waals surface area contributed by atoms with Crippen molar-refractivity contribution < 1.29 is 28.5 Å². The molecule has 0 aromatic heterocycles. The zero-order valence-electron chi connectivity index (χ0n) is 12.5. The van der Waals surface area contributed by atoms with E-state index in [0.29, 0.717) is 13.2 Å². The molecule has 6 nitrogen and oxygen atoms in total. The summed E-state index contributed by atoms with van der Waals surface area (Å²) in [5.74, 6) is -0.572. The molecule has 0 saturated carbocycles. The first kappa shape index (κ1) is 16.5. The average Bonchev–Trinajstić information content (AvgIpc) is 2.48. The van der Waals surface area contributed by atoms with Gasteiger partial charge in [0.2, 0.25) is 6.29 Å². The highest BCUT2D eigenvalue weighted by molar-refractivity contribution is 5.99. The van der Waals surface area contributed by atoms with Crippen molar-refractivity contribution in [3.63, 3.8) is 0 Å². The molecule has 0 N–H and O–H groups in total. The topological polar surface area (TPSA) is 71.1 Å². The first-order valence-corrected chi connectivity index (χ1v) is 7.71. The Morgan fingerprint density at radius 2 is 1.52 bits per heavy atom. The van der Waals surface area contributed by atoms with Crippen LogP contribution in [0.4, 0.5) is 0 Å². The van der Waals surface area contributed by atoms with Crippen molar-refractivity contribution in [3.8, 4) is 0 Å². The van der Waals surface area contributed by atoms with Crippen LogP contribution in [0.15, 0.2) is 0 Å². The molecule has 0 amide bonds. The minimum Gasteiger partial charge on any atom is -0.353 e.